The number of benzene rings is 6. The van der Waals surface area contributed by atoms with Gasteiger partial charge in [0.25, 0.3) is 0 Å². The highest BCUT2D eigenvalue weighted by Crippen LogP contribution is 2.44. The van der Waals surface area contributed by atoms with Crippen LogP contribution in [0.3, 0.4) is 0 Å². The standard InChI is InChI=1S/C36H27N/c1-24-12-14-26(15-13-24)35-31-8-2-4-10-33(31)36(34-11-5-3-9-32(34)35)28-19-17-25-16-18-27(21-30(25)22-28)29-7-6-20-37-23-29/h2-19,21-23,37H,20H2,1H3. The minimum absolute atomic E-state index is 0.889. The number of aryl methyl sites for hydroxylation is 1. The van der Waals surface area contributed by atoms with E-state index in [1.807, 2.05) is 0 Å². The quantitative estimate of drug-likeness (QED) is 0.253. The molecule has 0 saturated carbocycles. The fourth-order valence-electron chi connectivity index (χ4n) is 5.70. The zero-order valence-electron chi connectivity index (χ0n) is 20.8. The maximum Gasteiger partial charge on any atom is 0.0328 e. The minimum atomic E-state index is 0.889. The first-order valence-corrected chi connectivity index (χ1v) is 12.9. The third-order valence-corrected chi connectivity index (χ3v) is 7.52. The molecule has 0 unspecified atom stereocenters. The molecule has 0 aliphatic carbocycles. The van der Waals surface area contributed by atoms with Crippen molar-refractivity contribution in [1.29, 1.82) is 0 Å². The van der Waals surface area contributed by atoms with E-state index in [1.54, 1.807) is 0 Å². The molecule has 1 aliphatic heterocycles. The van der Waals surface area contributed by atoms with Crippen LogP contribution in [0.25, 0.3) is 60.1 Å². The van der Waals surface area contributed by atoms with E-state index in [0.29, 0.717) is 0 Å². The highest BCUT2D eigenvalue weighted by molar-refractivity contribution is 6.21. The fourth-order valence-corrected chi connectivity index (χ4v) is 5.70. The van der Waals surface area contributed by atoms with Gasteiger partial charge in [0.05, 0.1) is 0 Å². The van der Waals surface area contributed by atoms with E-state index in [0.717, 1.165) is 6.54 Å². The molecule has 0 aromatic heterocycles. The molecule has 0 bridgehead atoms. The van der Waals surface area contributed by atoms with Crippen molar-refractivity contribution in [3.05, 3.63) is 139 Å². The second-order valence-corrected chi connectivity index (χ2v) is 9.89. The Hall–Kier alpha value is -4.62. The molecule has 1 N–H and O–H groups in total. The van der Waals surface area contributed by atoms with Crippen LogP contribution in [0.15, 0.2) is 128 Å². The molecule has 0 amide bonds. The van der Waals surface area contributed by atoms with E-state index in [4.69, 9.17) is 0 Å². The van der Waals surface area contributed by atoms with Crippen LogP contribution >= 0.6 is 0 Å². The molecule has 37 heavy (non-hydrogen) atoms. The molecule has 0 fully saturated rings. The van der Waals surface area contributed by atoms with Crippen molar-refractivity contribution in [3.63, 3.8) is 0 Å². The Morgan fingerprint density at radius 2 is 1.08 bits per heavy atom. The summed E-state index contributed by atoms with van der Waals surface area (Å²) >= 11 is 0. The average molecular weight is 474 g/mol. The van der Waals surface area contributed by atoms with Crippen molar-refractivity contribution in [2.24, 2.45) is 0 Å². The van der Waals surface area contributed by atoms with E-state index in [1.165, 1.54) is 71.3 Å². The van der Waals surface area contributed by atoms with Gasteiger partial charge in [-0.2, -0.15) is 0 Å². The monoisotopic (exact) mass is 473 g/mol. The van der Waals surface area contributed by atoms with Crippen LogP contribution in [0.5, 0.6) is 0 Å². The molecule has 1 heterocycles. The third-order valence-electron chi connectivity index (χ3n) is 7.52. The minimum Gasteiger partial charge on any atom is -0.387 e. The van der Waals surface area contributed by atoms with Crippen LogP contribution in [-0.2, 0) is 0 Å². The highest BCUT2D eigenvalue weighted by Gasteiger charge is 2.16. The van der Waals surface area contributed by atoms with Crippen LogP contribution in [0, 0.1) is 6.92 Å². The van der Waals surface area contributed by atoms with Gasteiger partial charge in [-0.25, -0.2) is 0 Å². The molecule has 1 heteroatoms. The predicted octanol–water partition coefficient (Wildman–Crippen LogP) is 9.29. The van der Waals surface area contributed by atoms with E-state index < -0.39 is 0 Å². The van der Waals surface area contributed by atoms with Gasteiger partial charge in [-0.1, -0.05) is 115 Å². The molecule has 7 rings (SSSR count). The SMILES string of the molecule is Cc1ccc(-c2c3ccccc3c(-c3ccc4ccc(C5=CNCC=C5)cc4c3)c3ccccc23)cc1. The summed E-state index contributed by atoms with van der Waals surface area (Å²) in [5, 5.41) is 11.0. The van der Waals surface area contributed by atoms with Gasteiger partial charge in [0.1, 0.15) is 0 Å². The fraction of sp³-hybridized carbons (Fsp3) is 0.0556. The lowest BCUT2D eigenvalue weighted by atomic mass is 9.85. The number of nitrogens with one attached hydrogen (secondary N) is 1. The van der Waals surface area contributed by atoms with Gasteiger partial charge in [0.15, 0.2) is 0 Å². The smallest absolute Gasteiger partial charge is 0.0328 e. The second kappa shape index (κ2) is 8.80. The van der Waals surface area contributed by atoms with E-state index in [9.17, 15) is 0 Å². The van der Waals surface area contributed by atoms with Crippen molar-refractivity contribution < 1.29 is 0 Å². The Bertz CT molecular complexity index is 1810. The van der Waals surface area contributed by atoms with Crippen LogP contribution in [0.2, 0.25) is 0 Å². The van der Waals surface area contributed by atoms with Gasteiger partial charge in [-0.3, -0.25) is 0 Å². The first-order valence-electron chi connectivity index (χ1n) is 12.9. The topological polar surface area (TPSA) is 12.0 Å². The van der Waals surface area contributed by atoms with Crippen LogP contribution < -0.4 is 5.32 Å². The Labute approximate surface area is 217 Å². The lowest BCUT2D eigenvalue weighted by Crippen LogP contribution is -2.08. The number of fused-ring (bicyclic) bond motifs is 3. The van der Waals surface area contributed by atoms with Crippen molar-refractivity contribution in [1.82, 2.24) is 5.32 Å². The van der Waals surface area contributed by atoms with Crippen molar-refractivity contribution in [2.45, 2.75) is 6.92 Å². The van der Waals surface area contributed by atoms with E-state index in [2.05, 4.69) is 140 Å². The molecular formula is C36H27N. The molecular weight excluding hydrogens is 446 g/mol. The van der Waals surface area contributed by atoms with Crippen LogP contribution in [0.4, 0.5) is 0 Å². The Kier molecular flexibility index (Phi) is 5.15. The molecule has 176 valence electrons. The first kappa shape index (κ1) is 21.6. The zero-order chi connectivity index (χ0) is 24.8. The van der Waals surface area contributed by atoms with Crippen LogP contribution in [0.1, 0.15) is 11.1 Å². The van der Waals surface area contributed by atoms with Gasteiger partial charge in [-0.05, 0) is 84.8 Å². The Balaban J connectivity index is 1.51. The molecule has 6 aromatic carbocycles. The normalized spacial score (nSPS) is 13.2. The van der Waals surface area contributed by atoms with Crippen molar-refractivity contribution in [3.8, 4) is 22.3 Å². The van der Waals surface area contributed by atoms with Crippen LogP contribution in [-0.4, -0.2) is 6.54 Å². The number of hydrogen-bond donors (Lipinski definition) is 1. The lowest BCUT2D eigenvalue weighted by molar-refractivity contribution is 0.977. The molecule has 0 radical (unpaired) electrons. The van der Waals surface area contributed by atoms with Crippen molar-refractivity contribution in [2.75, 3.05) is 6.54 Å². The van der Waals surface area contributed by atoms with Gasteiger partial charge in [0.2, 0.25) is 0 Å². The summed E-state index contributed by atoms with van der Waals surface area (Å²) in [7, 11) is 0. The zero-order valence-corrected chi connectivity index (χ0v) is 20.8. The van der Waals surface area contributed by atoms with Gasteiger partial charge in [0, 0.05) is 12.7 Å². The number of dihydropyridines is 1. The van der Waals surface area contributed by atoms with E-state index >= 15 is 0 Å². The van der Waals surface area contributed by atoms with Crippen molar-refractivity contribution >= 4 is 37.9 Å². The summed E-state index contributed by atoms with van der Waals surface area (Å²) < 4.78 is 0. The number of allylic oxidation sites excluding steroid dienone is 2. The summed E-state index contributed by atoms with van der Waals surface area (Å²) in [5.41, 5.74) is 8.84. The van der Waals surface area contributed by atoms with E-state index in [-0.39, 0.29) is 0 Å². The lowest BCUT2D eigenvalue weighted by Gasteiger charge is -2.18. The summed E-state index contributed by atoms with van der Waals surface area (Å²) in [6.07, 6.45) is 6.48. The largest absolute Gasteiger partial charge is 0.387 e. The first-order chi connectivity index (χ1) is 18.3. The van der Waals surface area contributed by atoms with Gasteiger partial charge < -0.3 is 5.32 Å². The predicted molar refractivity (Wildman–Crippen MR) is 160 cm³/mol. The Morgan fingerprint density at radius 3 is 1.68 bits per heavy atom. The summed E-state index contributed by atoms with van der Waals surface area (Å²) in [4.78, 5) is 0. The molecule has 0 atom stereocenters. The highest BCUT2D eigenvalue weighted by atomic mass is 14.8. The third kappa shape index (κ3) is 3.72. The Morgan fingerprint density at radius 1 is 0.541 bits per heavy atom. The molecule has 0 saturated heterocycles. The molecule has 0 spiro atoms. The van der Waals surface area contributed by atoms with Gasteiger partial charge >= 0.3 is 0 Å². The summed E-state index contributed by atoms with van der Waals surface area (Å²) in [6.45, 7) is 3.03. The maximum atomic E-state index is 3.33. The second-order valence-electron chi connectivity index (χ2n) is 9.89. The summed E-state index contributed by atoms with van der Waals surface area (Å²) in [5.74, 6) is 0. The number of hydrogen-bond acceptors (Lipinski definition) is 1. The molecule has 1 aliphatic rings. The molecule has 6 aromatic rings. The van der Waals surface area contributed by atoms with Gasteiger partial charge in [-0.15, -0.1) is 0 Å². The molecule has 1 nitrogen and oxygen atoms in total. The maximum absolute atomic E-state index is 3.33. The summed E-state index contributed by atoms with van der Waals surface area (Å²) in [6, 6.07) is 40.3. The number of rotatable bonds is 3. The average Bonchev–Trinajstić information content (AvgIpc) is 2.96.